The Kier molecular flexibility index (Phi) is 10.8. The molecule has 2 aromatic carbocycles. The van der Waals surface area contributed by atoms with Crippen LogP contribution in [-0.4, -0.2) is 64.8 Å². The lowest BCUT2D eigenvalue weighted by Gasteiger charge is -2.33. The molecule has 43 heavy (non-hydrogen) atoms. The summed E-state index contributed by atoms with van der Waals surface area (Å²) in [6.07, 6.45) is 0.627. The van der Waals surface area contributed by atoms with Crippen molar-refractivity contribution >= 4 is 11.7 Å². The van der Waals surface area contributed by atoms with E-state index in [4.69, 9.17) is 15.2 Å². The van der Waals surface area contributed by atoms with Gasteiger partial charge >= 0.3 is 0 Å². The Hall–Kier alpha value is -3.94. The van der Waals surface area contributed by atoms with Gasteiger partial charge in [-0.25, -0.2) is 0 Å². The van der Waals surface area contributed by atoms with Crippen LogP contribution in [-0.2, 0) is 30.5 Å². The van der Waals surface area contributed by atoms with E-state index in [-0.39, 0.29) is 54.0 Å². The van der Waals surface area contributed by atoms with Gasteiger partial charge in [-0.3, -0.25) is 9.79 Å². The number of ether oxygens (including phenoxy) is 2. The van der Waals surface area contributed by atoms with E-state index in [1.54, 1.807) is 6.07 Å². The summed E-state index contributed by atoms with van der Waals surface area (Å²) >= 11 is 0. The number of ketones is 1. The molecular formula is C33H43N3O7. The number of hydrogen-bond acceptors (Lipinski definition) is 8. The molecule has 7 N–H and O–H groups in total. The number of carbonyl (C=O) groups excluding carboxylic acids is 1. The topological polar surface area (TPSA) is 167 Å². The van der Waals surface area contributed by atoms with E-state index in [0.29, 0.717) is 68.2 Å². The number of nitrogens with two attached hydrogens (primary N) is 1. The van der Waals surface area contributed by atoms with E-state index in [0.717, 1.165) is 16.7 Å². The van der Waals surface area contributed by atoms with Crippen LogP contribution in [0.15, 0.2) is 23.2 Å². The largest absolute Gasteiger partial charge is 0.504 e. The fraction of sp³-hybridized carbons (Fsp3) is 0.515. The molecule has 0 aromatic heterocycles. The molecule has 0 fully saturated rings. The summed E-state index contributed by atoms with van der Waals surface area (Å²) in [5, 5.41) is 46.2. The van der Waals surface area contributed by atoms with E-state index in [1.165, 1.54) is 13.2 Å². The zero-order chi connectivity index (χ0) is 31.1. The molecular weight excluding hydrogens is 550 g/mol. The minimum atomic E-state index is -1.14. The maximum Gasteiger partial charge on any atom is 0.200 e. The molecule has 2 bridgehead atoms. The maximum absolute atomic E-state index is 12.7. The van der Waals surface area contributed by atoms with Crippen molar-refractivity contribution in [3.05, 3.63) is 46.0 Å². The Labute approximate surface area is 252 Å². The first kappa shape index (κ1) is 32.0. The molecule has 0 unspecified atom stereocenters. The number of aliphatic hydroxyl groups is 2. The molecule has 2 aromatic rings. The number of nitrogens with one attached hydrogen (secondary N) is 1. The number of phenols is 2. The number of fused-ring (bicyclic) bond motifs is 5. The number of guanidine groups is 1. The highest BCUT2D eigenvalue weighted by molar-refractivity contribution is 5.79. The molecule has 3 atom stereocenters. The number of rotatable bonds is 6. The van der Waals surface area contributed by atoms with Gasteiger partial charge in [0.05, 0.1) is 18.8 Å². The van der Waals surface area contributed by atoms with Crippen molar-refractivity contribution in [3.63, 3.8) is 0 Å². The lowest BCUT2D eigenvalue weighted by Crippen LogP contribution is -2.38. The second-order valence-corrected chi connectivity index (χ2v) is 11.7. The second kappa shape index (κ2) is 14.5. The first-order chi connectivity index (χ1) is 20.6. The first-order valence-corrected chi connectivity index (χ1v) is 14.9. The minimum absolute atomic E-state index is 0.0205. The standard InChI is InChI=1S/C33H43N3O7/c1-19(2)18-36-33(34)35-14-13-23-16-27-21-8-11-25(38)17-24(37)10-7-20-9-12-28(39)30(42-3)26(20)6-4-5-22(15-21)29(40)31(27)43-32(23)41/h9,12,15,19,23,25,32,38-41H,5,7-8,10-11,13-14,16-18H2,1-3H3,(H3,34,35,36)/t23-,25-,32+/m1/s1. The number of Topliss-reactive ketones (excluding diaryl/α,β-unsaturated/α-hetero) is 1. The lowest BCUT2D eigenvalue weighted by molar-refractivity contribution is -0.121. The fourth-order valence-corrected chi connectivity index (χ4v) is 5.51. The molecule has 1 aliphatic heterocycles. The third kappa shape index (κ3) is 8.12. The summed E-state index contributed by atoms with van der Waals surface area (Å²) in [6.45, 7) is 5.23. The van der Waals surface area contributed by atoms with Gasteiger partial charge < -0.3 is 41.0 Å². The number of phenolic OH excluding ortho intramolecular Hbond substituents is 2. The predicted octanol–water partition coefficient (Wildman–Crippen LogP) is 2.72. The molecule has 10 heteroatoms. The maximum atomic E-state index is 12.7. The summed E-state index contributed by atoms with van der Waals surface area (Å²) in [4.78, 5) is 17.0. The number of aliphatic hydroxyl groups excluding tert-OH is 2. The average molecular weight is 594 g/mol. The second-order valence-electron chi connectivity index (χ2n) is 11.7. The predicted molar refractivity (Wildman–Crippen MR) is 163 cm³/mol. The lowest BCUT2D eigenvalue weighted by atomic mass is 9.86. The van der Waals surface area contributed by atoms with Crippen LogP contribution in [0, 0.1) is 23.7 Å². The molecule has 2 aliphatic rings. The molecule has 1 aliphatic carbocycles. The number of aliphatic imine (C=N–C) groups is 1. The summed E-state index contributed by atoms with van der Waals surface area (Å²) < 4.78 is 11.3. The van der Waals surface area contributed by atoms with E-state index >= 15 is 0 Å². The van der Waals surface area contributed by atoms with Gasteiger partial charge in [0.15, 0.2) is 29.0 Å². The van der Waals surface area contributed by atoms with Gasteiger partial charge in [0.2, 0.25) is 6.29 Å². The number of methoxy groups -OCH3 is 1. The van der Waals surface area contributed by atoms with Crippen LogP contribution in [0.4, 0.5) is 0 Å². The number of hydrogen-bond donors (Lipinski definition) is 6. The average Bonchev–Trinajstić information content (AvgIpc) is 2.96. The smallest absolute Gasteiger partial charge is 0.200 e. The molecule has 10 nitrogen and oxygen atoms in total. The zero-order valence-electron chi connectivity index (χ0n) is 25.2. The van der Waals surface area contributed by atoms with Crippen LogP contribution in [0.2, 0.25) is 0 Å². The number of aryl methyl sites for hydroxylation is 2. The molecule has 0 saturated carbocycles. The van der Waals surface area contributed by atoms with E-state index in [9.17, 15) is 25.2 Å². The molecule has 0 saturated heterocycles. The third-order valence-electron chi connectivity index (χ3n) is 7.89. The molecule has 232 valence electrons. The Morgan fingerprint density at radius 1 is 1.16 bits per heavy atom. The van der Waals surface area contributed by atoms with Gasteiger partial charge in [0, 0.05) is 49.4 Å². The SMILES string of the molecule is COc1c(O)ccc2c1C#CCc1cc(c3c(c1O)O[C@H](O)[C@H](CCNC(N)=NCC(C)C)C3)CC[C@@H](O)CC(=O)CC2. The van der Waals surface area contributed by atoms with Crippen molar-refractivity contribution < 1.29 is 34.7 Å². The van der Waals surface area contributed by atoms with Crippen molar-refractivity contribution in [1.82, 2.24) is 5.32 Å². The zero-order valence-corrected chi connectivity index (χ0v) is 25.2. The minimum Gasteiger partial charge on any atom is -0.504 e. The summed E-state index contributed by atoms with van der Waals surface area (Å²) in [5.74, 6) is 6.85. The quantitative estimate of drug-likeness (QED) is 0.168. The molecule has 0 amide bonds. The summed E-state index contributed by atoms with van der Waals surface area (Å²) in [6, 6.07) is 5.09. The number of carbonyl (C=O) groups is 1. The van der Waals surface area contributed by atoms with Crippen LogP contribution in [0.5, 0.6) is 23.0 Å². The molecule has 1 heterocycles. The Morgan fingerprint density at radius 2 is 1.95 bits per heavy atom. The van der Waals surface area contributed by atoms with Crippen molar-refractivity contribution in [2.24, 2.45) is 22.6 Å². The van der Waals surface area contributed by atoms with Crippen molar-refractivity contribution in [1.29, 1.82) is 0 Å². The van der Waals surface area contributed by atoms with Crippen LogP contribution in [0.3, 0.4) is 0 Å². The van der Waals surface area contributed by atoms with Crippen molar-refractivity contribution in [3.8, 4) is 34.8 Å². The molecule has 0 spiro atoms. The van der Waals surface area contributed by atoms with Gasteiger partial charge in [-0.1, -0.05) is 37.8 Å². The highest BCUT2D eigenvalue weighted by atomic mass is 16.6. The first-order valence-electron chi connectivity index (χ1n) is 14.9. The monoisotopic (exact) mass is 593 g/mol. The highest BCUT2D eigenvalue weighted by Gasteiger charge is 2.33. The van der Waals surface area contributed by atoms with Gasteiger partial charge in [-0.05, 0) is 55.2 Å². The Bertz CT molecular complexity index is 1410. The van der Waals surface area contributed by atoms with E-state index < -0.39 is 12.4 Å². The molecule has 4 rings (SSSR count). The van der Waals surface area contributed by atoms with Crippen LogP contribution >= 0.6 is 0 Å². The Morgan fingerprint density at radius 3 is 2.70 bits per heavy atom. The van der Waals surface area contributed by atoms with Gasteiger partial charge in [-0.15, -0.1) is 0 Å². The van der Waals surface area contributed by atoms with E-state index in [1.807, 2.05) is 6.07 Å². The van der Waals surface area contributed by atoms with Gasteiger partial charge in [-0.2, -0.15) is 0 Å². The number of aromatic hydroxyl groups is 2. The fourth-order valence-electron chi connectivity index (χ4n) is 5.51. The normalized spacial score (nSPS) is 20.9. The van der Waals surface area contributed by atoms with Crippen molar-refractivity contribution in [2.45, 2.75) is 77.6 Å². The summed E-state index contributed by atoms with van der Waals surface area (Å²) in [5.41, 5.74) is 9.33. The summed E-state index contributed by atoms with van der Waals surface area (Å²) in [7, 11) is 1.44. The number of nitrogens with zero attached hydrogens (tertiary/aromatic N) is 1. The van der Waals surface area contributed by atoms with Gasteiger partial charge in [0.25, 0.3) is 0 Å². The van der Waals surface area contributed by atoms with Gasteiger partial charge in [0.1, 0.15) is 5.78 Å². The molecule has 0 radical (unpaired) electrons. The van der Waals surface area contributed by atoms with Crippen molar-refractivity contribution in [2.75, 3.05) is 20.2 Å². The third-order valence-corrected chi connectivity index (χ3v) is 7.89. The van der Waals surface area contributed by atoms with Crippen LogP contribution in [0.25, 0.3) is 0 Å². The van der Waals surface area contributed by atoms with Crippen LogP contribution < -0.4 is 20.5 Å². The van der Waals surface area contributed by atoms with E-state index in [2.05, 4.69) is 36.0 Å². The Balaban J connectivity index is 1.64. The van der Waals surface area contributed by atoms with Crippen LogP contribution in [0.1, 0.15) is 67.3 Å². The number of benzene rings is 2. The highest BCUT2D eigenvalue weighted by Crippen LogP contribution is 2.43.